The Balaban J connectivity index is 2.30. The standard InChI is InChI=1S/C24H31N5O6/c1-6-9-29(24(33)35-13-34-23(32)16(4)25)22(31)17-8-7-14(2)19(10-17)27-21(26)20-15(3)18(12-30)11-28(20)5/h7-8,10-12,16H,6,9,13,25H2,1-5H3,(H2,26,27). The van der Waals surface area contributed by atoms with E-state index in [1.165, 1.54) is 13.0 Å². The molecule has 0 saturated carbocycles. The molecular weight excluding hydrogens is 454 g/mol. The zero-order chi connectivity index (χ0) is 26.3. The number of hydrogen-bond donors (Lipinski definition) is 2. The number of aromatic nitrogens is 1. The second-order valence-corrected chi connectivity index (χ2v) is 8.02. The van der Waals surface area contributed by atoms with E-state index < -0.39 is 30.8 Å². The maximum absolute atomic E-state index is 13.1. The molecule has 0 saturated heterocycles. The minimum atomic E-state index is -0.958. The normalized spacial score (nSPS) is 12.1. The molecule has 1 unspecified atom stereocenters. The van der Waals surface area contributed by atoms with E-state index in [9.17, 15) is 19.2 Å². The monoisotopic (exact) mass is 485 g/mol. The zero-order valence-electron chi connectivity index (χ0n) is 20.5. The van der Waals surface area contributed by atoms with E-state index in [-0.39, 0.29) is 17.9 Å². The van der Waals surface area contributed by atoms with Crippen LogP contribution in [0.1, 0.15) is 57.8 Å². The second kappa shape index (κ2) is 11.9. The molecule has 11 nitrogen and oxygen atoms in total. The van der Waals surface area contributed by atoms with Crippen LogP contribution in [0.2, 0.25) is 0 Å². The Labute approximate surface area is 203 Å². The number of hydrogen-bond acceptors (Lipinski definition) is 8. The molecule has 0 bridgehead atoms. The molecule has 0 aliphatic heterocycles. The number of amidine groups is 1. The van der Waals surface area contributed by atoms with Gasteiger partial charge >= 0.3 is 12.1 Å². The van der Waals surface area contributed by atoms with Gasteiger partial charge in [-0.2, -0.15) is 0 Å². The minimum absolute atomic E-state index is 0.0878. The number of nitrogens with two attached hydrogens (primary N) is 2. The van der Waals surface area contributed by atoms with Crippen LogP contribution in [0.15, 0.2) is 29.4 Å². The number of amides is 2. The van der Waals surface area contributed by atoms with Gasteiger partial charge in [-0.25, -0.2) is 14.7 Å². The third-order valence-electron chi connectivity index (χ3n) is 5.21. The van der Waals surface area contributed by atoms with Gasteiger partial charge in [-0.05, 0) is 50.5 Å². The summed E-state index contributed by atoms with van der Waals surface area (Å²) < 4.78 is 11.4. The summed E-state index contributed by atoms with van der Waals surface area (Å²) in [6.45, 7) is 6.23. The molecule has 0 aliphatic rings. The summed E-state index contributed by atoms with van der Waals surface area (Å²) >= 11 is 0. The molecule has 4 N–H and O–H groups in total. The van der Waals surface area contributed by atoms with E-state index in [0.717, 1.165) is 16.7 Å². The highest BCUT2D eigenvalue weighted by Crippen LogP contribution is 2.23. The highest BCUT2D eigenvalue weighted by molar-refractivity contribution is 6.04. The van der Waals surface area contributed by atoms with E-state index in [0.29, 0.717) is 28.9 Å². The Morgan fingerprint density at radius 1 is 1.23 bits per heavy atom. The summed E-state index contributed by atoms with van der Waals surface area (Å²) in [5.74, 6) is -1.17. The topological polar surface area (TPSA) is 159 Å². The van der Waals surface area contributed by atoms with Crippen LogP contribution >= 0.6 is 0 Å². The lowest BCUT2D eigenvalue weighted by molar-refractivity contribution is -0.153. The lowest BCUT2D eigenvalue weighted by Crippen LogP contribution is -2.39. The Hall–Kier alpha value is -3.99. The lowest BCUT2D eigenvalue weighted by atomic mass is 10.1. The summed E-state index contributed by atoms with van der Waals surface area (Å²) in [7, 11) is 1.75. The predicted molar refractivity (Wildman–Crippen MR) is 130 cm³/mol. The molecule has 2 aromatic rings. The predicted octanol–water partition coefficient (Wildman–Crippen LogP) is 2.33. The van der Waals surface area contributed by atoms with Crippen LogP contribution in [0.3, 0.4) is 0 Å². The van der Waals surface area contributed by atoms with E-state index in [1.807, 2.05) is 0 Å². The smallest absolute Gasteiger partial charge is 0.419 e. The fraction of sp³-hybridized carbons (Fsp3) is 0.375. The molecule has 1 atom stereocenters. The van der Waals surface area contributed by atoms with Gasteiger partial charge in [-0.1, -0.05) is 13.0 Å². The number of esters is 1. The summed E-state index contributed by atoms with van der Waals surface area (Å²) in [5, 5.41) is 0. The van der Waals surface area contributed by atoms with Crippen molar-refractivity contribution >= 4 is 35.8 Å². The number of imide groups is 1. The number of nitrogens with zero attached hydrogens (tertiary/aromatic N) is 3. The summed E-state index contributed by atoms with van der Waals surface area (Å²) in [6, 6.07) is 3.91. The van der Waals surface area contributed by atoms with Gasteiger partial charge < -0.3 is 25.5 Å². The number of benzene rings is 1. The van der Waals surface area contributed by atoms with Crippen LogP contribution < -0.4 is 11.5 Å². The number of ether oxygens (including phenoxy) is 2. The first-order valence-electron chi connectivity index (χ1n) is 11.0. The SMILES string of the molecule is CCCN(C(=O)OCOC(=O)C(C)N)C(=O)c1ccc(C)c(N=C(N)c2c(C)c(C=O)cn2C)c1. The largest absolute Gasteiger partial charge is 0.427 e. The molecule has 2 amide bonds. The van der Waals surface area contributed by atoms with Gasteiger partial charge in [0, 0.05) is 30.9 Å². The average Bonchev–Trinajstić information content (AvgIpc) is 3.11. The maximum atomic E-state index is 13.1. The Kier molecular flexibility index (Phi) is 9.29. The van der Waals surface area contributed by atoms with Crippen molar-refractivity contribution in [3.05, 3.63) is 52.3 Å². The maximum Gasteiger partial charge on any atom is 0.419 e. The Morgan fingerprint density at radius 3 is 2.49 bits per heavy atom. The van der Waals surface area contributed by atoms with Gasteiger partial charge in [0.05, 0.1) is 11.4 Å². The molecule has 0 aliphatic carbocycles. The fourth-order valence-electron chi connectivity index (χ4n) is 3.31. The molecule has 1 aromatic carbocycles. The molecule has 0 spiro atoms. The molecule has 0 fully saturated rings. The first-order valence-corrected chi connectivity index (χ1v) is 11.0. The van der Waals surface area contributed by atoms with E-state index in [4.69, 9.17) is 20.9 Å². The molecule has 188 valence electrons. The third kappa shape index (κ3) is 6.54. The van der Waals surface area contributed by atoms with Gasteiger partial charge in [-0.15, -0.1) is 0 Å². The molecule has 1 heterocycles. The van der Waals surface area contributed by atoms with Gasteiger partial charge in [0.1, 0.15) is 11.9 Å². The lowest BCUT2D eigenvalue weighted by Gasteiger charge is -2.20. The number of carbonyl (C=O) groups is 4. The van der Waals surface area contributed by atoms with Crippen molar-refractivity contribution in [3.8, 4) is 0 Å². The van der Waals surface area contributed by atoms with Crippen LogP contribution in [-0.2, 0) is 21.3 Å². The first kappa shape index (κ1) is 27.3. The van der Waals surface area contributed by atoms with Crippen LogP contribution in [0, 0.1) is 13.8 Å². The van der Waals surface area contributed by atoms with Gasteiger partial charge in [-0.3, -0.25) is 14.4 Å². The highest BCUT2D eigenvalue weighted by Gasteiger charge is 2.25. The Bertz CT molecular complexity index is 1150. The van der Waals surface area contributed by atoms with E-state index in [1.54, 1.807) is 50.7 Å². The highest BCUT2D eigenvalue weighted by atomic mass is 16.7. The quantitative estimate of drug-likeness (QED) is 0.180. The first-order chi connectivity index (χ1) is 16.5. The van der Waals surface area contributed by atoms with Crippen molar-refractivity contribution < 1.29 is 28.7 Å². The number of carbonyl (C=O) groups excluding carboxylic acids is 4. The van der Waals surface area contributed by atoms with E-state index in [2.05, 4.69) is 4.99 Å². The number of rotatable bonds is 9. The molecule has 35 heavy (non-hydrogen) atoms. The molecule has 1 aromatic heterocycles. The fourth-order valence-corrected chi connectivity index (χ4v) is 3.31. The molecule has 0 radical (unpaired) electrons. The van der Waals surface area contributed by atoms with Gasteiger partial charge in [0.25, 0.3) is 5.91 Å². The minimum Gasteiger partial charge on any atom is -0.427 e. The molecular formula is C24H31N5O6. The summed E-state index contributed by atoms with van der Waals surface area (Å²) in [5.41, 5.74) is 14.8. The average molecular weight is 486 g/mol. The van der Waals surface area contributed by atoms with Crippen molar-refractivity contribution in [2.24, 2.45) is 23.5 Å². The van der Waals surface area contributed by atoms with Crippen LogP contribution in [0.5, 0.6) is 0 Å². The summed E-state index contributed by atoms with van der Waals surface area (Å²) in [6.07, 6.45) is 1.93. The molecule has 2 rings (SSSR count). The second-order valence-electron chi connectivity index (χ2n) is 8.02. The van der Waals surface area contributed by atoms with Gasteiger partial charge in [0.15, 0.2) is 6.29 Å². The number of aliphatic imine (C=N–C) groups is 1. The van der Waals surface area contributed by atoms with Crippen molar-refractivity contribution in [2.45, 2.75) is 40.2 Å². The third-order valence-corrected chi connectivity index (χ3v) is 5.21. The van der Waals surface area contributed by atoms with Crippen molar-refractivity contribution in [1.82, 2.24) is 9.47 Å². The Morgan fingerprint density at radius 2 is 1.91 bits per heavy atom. The number of aryl methyl sites for hydroxylation is 2. The number of aldehydes is 1. The van der Waals surface area contributed by atoms with Crippen molar-refractivity contribution in [1.29, 1.82) is 0 Å². The van der Waals surface area contributed by atoms with Crippen LogP contribution in [0.4, 0.5) is 10.5 Å². The van der Waals surface area contributed by atoms with Crippen LogP contribution in [-0.4, -0.2) is 58.9 Å². The van der Waals surface area contributed by atoms with Crippen molar-refractivity contribution in [2.75, 3.05) is 13.3 Å². The molecule has 11 heteroatoms. The zero-order valence-corrected chi connectivity index (χ0v) is 20.5. The van der Waals surface area contributed by atoms with Gasteiger partial charge in [0.2, 0.25) is 6.79 Å². The summed E-state index contributed by atoms with van der Waals surface area (Å²) in [4.78, 5) is 53.7. The van der Waals surface area contributed by atoms with E-state index >= 15 is 0 Å². The van der Waals surface area contributed by atoms with Crippen LogP contribution in [0.25, 0.3) is 0 Å². The van der Waals surface area contributed by atoms with Crippen molar-refractivity contribution in [3.63, 3.8) is 0 Å².